The summed E-state index contributed by atoms with van der Waals surface area (Å²) in [6.07, 6.45) is 0. The number of halogens is 2. The fourth-order valence-electron chi connectivity index (χ4n) is 3.94. The Kier molecular flexibility index (Phi) is 6.60. The minimum absolute atomic E-state index is 0.0594. The van der Waals surface area contributed by atoms with Gasteiger partial charge in [0.25, 0.3) is 0 Å². The Morgan fingerprint density at radius 3 is 2.27 bits per heavy atom. The highest BCUT2D eigenvalue weighted by molar-refractivity contribution is 9.10. The second-order valence-corrected chi connectivity index (χ2v) is 8.67. The van der Waals surface area contributed by atoms with E-state index in [9.17, 15) is 20.1 Å². The van der Waals surface area contributed by atoms with E-state index in [0.29, 0.717) is 15.6 Å². The van der Waals surface area contributed by atoms with Gasteiger partial charge in [-0.2, -0.15) is 10.5 Å². The van der Waals surface area contributed by atoms with E-state index < -0.39 is 35.2 Å². The second-order valence-electron chi connectivity index (χ2n) is 6.84. The molecule has 1 fully saturated rings. The van der Waals surface area contributed by atoms with Crippen LogP contribution >= 0.6 is 31.9 Å². The molecule has 1 heterocycles. The number of piperidine rings is 1. The molecular formula is C22H17Br2N3O3. The molecule has 152 valence electrons. The van der Waals surface area contributed by atoms with Gasteiger partial charge in [0.05, 0.1) is 24.8 Å². The van der Waals surface area contributed by atoms with Crippen LogP contribution in [0.15, 0.2) is 57.5 Å². The summed E-state index contributed by atoms with van der Waals surface area (Å²) in [5.74, 6) is -3.58. The molecule has 0 aromatic heterocycles. The van der Waals surface area contributed by atoms with Crippen molar-refractivity contribution in [3.8, 4) is 12.1 Å². The lowest BCUT2D eigenvalue weighted by Crippen LogP contribution is -2.58. The number of nitrogens with zero attached hydrogens (tertiary/aromatic N) is 2. The molecule has 3 rings (SSSR count). The van der Waals surface area contributed by atoms with E-state index >= 15 is 0 Å². The van der Waals surface area contributed by atoms with Crippen LogP contribution in [0, 0.1) is 34.0 Å². The summed E-state index contributed by atoms with van der Waals surface area (Å²) in [4.78, 5) is 26.3. The molecule has 8 heteroatoms. The van der Waals surface area contributed by atoms with E-state index in [1.54, 1.807) is 55.5 Å². The van der Waals surface area contributed by atoms with Crippen LogP contribution in [0.5, 0.6) is 0 Å². The summed E-state index contributed by atoms with van der Waals surface area (Å²) in [5.41, 5.74) is -0.754. The molecular weight excluding hydrogens is 514 g/mol. The fourth-order valence-corrected chi connectivity index (χ4v) is 4.77. The average Bonchev–Trinajstić information content (AvgIpc) is 2.73. The van der Waals surface area contributed by atoms with E-state index in [0.717, 1.165) is 4.47 Å². The predicted octanol–water partition coefficient (Wildman–Crippen LogP) is 4.38. The maximum atomic E-state index is 13.3. The van der Waals surface area contributed by atoms with E-state index in [4.69, 9.17) is 4.74 Å². The molecule has 0 aliphatic carbocycles. The van der Waals surface area contributed by atoms with Gasteiger partial charge >= 0.3 is 5.97 Å². The van der Waals surface area contributed by atoms with Crippen LogP contribution in [-0.2, 0) is 14.3 Å². The summed E-state index contributed by atoms with van der Waals surface area (Å²) >= 11 is 6.79. The monoisotopic (exact) mass is 529 g/mol. The van der Waals surface area contributed by atoms with Crippen molar-refractivity contribution < 1.29 is 14.3 Å². The zero-order chi connectivity index (χ0) is 21.9. The van der Waals surface area contributed by atoms with Gasteiger partial charge in [0, 0.05) is 14.9 Å². The van der Waals surface area contributed by atoms with Crippen molar-refractivity contribution in [2.75, 3.05) is 6.61 Å². The maximum Gasteiger partial charge on any atom is 0.329 e. The summed E-state index contributed by atoms with van der Waals surface area (Å²) < 4.78 is 6.76. The van der Waals surface area contributed by atoms with Gasteiger partial charge in [0.1, 0.15) is 5.92 Å². The third-order valence-corrected chi connectivity index (χ3v) is 6.16. The van der Waals surface area contributed by atoms with Crippen LogP contribution in [-0.4, -0.2) is 18.5 Å². The molecule has 0 spiro atoms. The molecule has 4 unspecified atom stereocenters. The number of hydrogen-bond acceptors (Lipinski definition) is 5. The first-order valence-corrected chi connectivity index (χ1v) is 10.8. The Balaban J connectivity index is 2.33. The van der Waals surface area contributed by atoms with Crippen molar-refractivity contribution in [2.24, 2.45) is 11.3 Å². The van der Waals surface area contributed by atoms with Crippen LogP contribution in [0.25, 0.3) is 0 Å². The number of nitriles is 2. The average molecular weight is 531 g/mol. The van der Waals surface area contributed by atoms with Crippen LogP contribution in [0.4, 0.5) is 0 Å². The predicted molar refractivity (Wildman–Crippen MR) is 116 cm³/mol. The quantitative estimate of drug-likeness (QED) is 0.591. The molecule has 1 aliphatic heterocycles. The molecule has 30 heavy (non-hydrogen) atoms. The molecule has 1 amide bonds. The lowest BCUT2D eigenvalue weighted by molar-refractivity contribution is -0.159. The number of benzene rings is 2. The molecule has 2 aromatic carbocycles. The smallest absolute Gasteiger partial charge is 0.329 e. The van der Waals surface area contributed by atoms with Crippen LogP contribution < -0.4 is 5.32 Å². The van der Waals surface area contributed by atoms with Gasteiger partial charge in [0.2, 0.25) is 5.91 Å². The molecule has 4 atom stereocenters. The highest BCUT2D eigenvalue weighted by Crippen LogP contribution is 2.53. The number of esters is 1. The highest BCUT2D eigenvalue weighted by Gasteiger charge is 2.62. The Hall–Kier alpha value is -2.68. The highest BCUT2D eigenvalue weighted by atomic mass is 79.9. The standard InChI is InChI=1S/C22H17Br2N3O3/c1-2-30-21(29)22(12-26)18(13-5-3-7-15(23)9-13)17(11-25)20(28)27-19(22)14-6-4-8-16(24)10-14/h3-10,17-19H,2H2,1H3,(H,27,28). The van der Waals surface area contributed by atoms with Crippen molar-refractivity contribution >= 4 is 43.7 Å². The summed E-state index contributed by atoms with van der Waals surface area (Å²) in [5, 5.41) is 23.0. The van der Waals surface area contributed by atoms with Crippen molar-refractivity contribution in [1.29, 1.82) is 10.5 Å². The Morgan fingerprint density at radius 2 is 1.73 bits per heavy atom. The zero-order valence-electron chi connectivity index (χ0n) is 15.9. The Morgan fingerprint density at radius 1 is 1.13 bits per heavy atom. The topological polar surface area (TPSA) is 103 Å². The number of rotatable bonds is 4. The number of amides is 1. The summed E-state index contributed by atoms with van der Waals surface area (Å²) in [6, 6.07) is 17.1. The number of carbonyl (C=O) groups excluding carboxylic acids is 2. The molecule has 1 aliphatic rings. The third-order valence-electron chi connectivity index (χ3n) is 5.18. The maximum absolute atomic E-state index is 13.3. The second kappa shape index (κ2) is 8.99. The van der Waals surface area contributed by atoms with E-state index in [1.807, 2.05) is 6.07 Å². The van der Waals surface area contributed by atoms with E-state index in [1.165, 1.54) is 0 Å². The largest absolute Gasteiger partial charge is 0.465 e. The molecule has 1 saturated heterocycles. The van der Waals surface area contributed by atoms with Crippen LogP contribution in [0.1, 0.15) is 30.0 Å². The number of nitrogens with one attached hydrogen (secondary N) is 1. The molecule has 0 bridgehead atoms. The van der Waals surface area contributed by atoms with Crippen molar-refractivity contribution in [3.05, 3.63) is 68.6 Å². The lowest BCUT2D eigenvalue weighted by atomic mass is 9.59. The Labute approximate surface area is 191 Å². The minimum atomic E-state index is -1.84. The zero-order valence-corrected chi connectivity index (χ0v) is 19.1. The van der Waals surface area contributed by atoms with Gasteiger partial charge in [-0.1, -0.05) is 56.1 Å². The van der Waals surface area contributed by atoms with Crippen molar-refractivity contribution in [2.45, 2.75) is 18.9 Å². The van der Waals surface area contributed by atoms with Crippen LogP contribution in [0.2, 0.25) is 0 Å². The first kappa shape index (κ1) is 22.0. The van der Waals surface area contributed by atoms with Crippen molar-refractivity contribution in [3.63, 3.8) is 0 Å². The molecule has 0 saturated carbocycles. The van der Waals surface area contributed by atoms with Gasteiger partial charge in [-0.25, -0.2) is 0 Å². The van der Waals surface area contributed by atoms with Gasteiger partial charge in [0.15, 0.2) is 5.41 Å². The fraction of sp³-hybridized carbons (Fsp3) is 0.273. The van der Waals surface area contributed by atoms with Gasteiger partial charge in [-0.15, -0.1) is 0 Å². The summed E-state index contributed by atoms with van der Waals surface area (Å²) in [6.45, 7) is 1.71. The normalized spacial score (nSPS) is 25.5. The molecule has 1 N–H and O–H groups in total. The SMILES string of the molecule is CCOC(=O)C1(C#N)C(c2cccc(Br)c2)NC(=O)C(C#N)C1c1cccc(Br)c1. The first-order valence-electron chi connectivity index (χ1n) is 9.18. The first-order chi connectivity index (χ1) is 14.4. The van der Waals surface area contributed by atoms with Gasteiger partial charge in [-0.05, 0) is 42.3 Å². The number of hydrogen-bond donors (Lipinski definition) is 1. The van der Waals surface area contributed by atoms with E-state index in [-0.39, 0.29) is 6.61 Å². The van der Waals surface area contributed by atoms with Crippen molar-refractivity contribution in [1.82, 2.24) is 5.32 Å². The Bertz CT molecular complexity index is 1080. The molecule has 2 aromatic rings. The molecule has 6 nitrogen and oxygen atoms in total. The van der Waals surface area contributed by atoms with Crippen LogP contribution in [0.3, 0.4) is 0 Å². The number of carbonyl (C=O) groups is 2. The van der Waals surface area contributed by atoms with E-state index in [2.05, 4.69) is 43.2 Å². The molecule has 0 radical (unpaired) electrons. The minimum Gasteiger partial charge on any atom is -0.465 e. The summed E-state index contributed by atoms with van der Waals surface area (Å²) in [7, 11) is 0. The van der Waals surface area contributed by atoms with Gasteiger partial charge < -0.3 is 10.1 Å². The lowest BCUT2D eigenvalue weighted by Gasteiger charge is -2.45. The third kappa shape index (κ3) is 3.74. The number of ether oxygens (including phenoxy) is 1. The van der Waals surface area contributed by atoms with Gasteiger partial charge in [-0.3, -0.25) is 9.59 Å².